The van der Waals surface area contributed by atoms with Crippen molar-refractivity contribution in [2.75, 3.05) is 5.75 Å². The summed E-state index contributed by atoms with van der Waals surface area (Å²) in [5, 5.41) is 14.2. The van der Waals surface area contributed by atoms with Crippen molar-refractivity contribution in [2.24, 2.45) is 0 Å². The summed E-state index contributed by atoms with van der Waals surface area (Å²) in [4.78, 5) is 0. The number of thioether (sulfide) groups is 1. The van der Waals surface area contributed by atoms with E-state index in [9.17, 15) is 5.11 Å². The van der Waals surface area contributed by atoms with Gasteiger partial charge in [0, 0.05) is 17.3 Å². The Kier molecular flexibility index (Phi) is 4.98. The summed E-state index contributed by atoms with van der Waals surface area (Å²) in [6, 6.07) is 1.41. The molecule has 0 radical (unpaired) electrons. The average molecular weight is 243 g/mol. The maximum Gasteiger partial charge on any atom is 0.0541 e. The van der Waals surface area contributed by atoms with Gasteiger partial charge in [-0.05, 0) is 44.3 Å². The molecule has 0 aliphatic heterocycles. The van der Waals surface area contributed by atoms with E-state index in [0.717, 1.165) is 24.1 Å². The fourth-order valence-corrected chi connectivity index (χ4v) is 4.28. The SMILES string of the molecule is CCSC1CCCC1NC1CCC(O)CC1. The third kappa shape index (κ3) is 3.38. The Labute approximate surface area is 104 Å². The Bertz CT molecular complexity index is 204. The minimum atomic E-state index is -0.0255. The molecule has 0 aromatic carbocycles. The fourth-order valence-electron chi connectivity index (χ4n) is 3.08. The van der Waals surface area contributed by atoms with E-state index in [0.29, 0.717) is 6.04 Å². The van der Waals surface area contributed by atoms with E-state index >= 15 is 0 Å². The first-order chi connectivity index (χ1) is 7.79. The van der Waals surface area contributed by atoms with Gasteiger partial charge < -0.3 is 10.4 Å². The van der Waals surface area contributed by atoms with E-state index < -0.39 is 0 Å². The van der Waals surface area contributed by atoms with Gasteiger partial charge in [-0.2, -0.15) is 11.8 Å². The summed E-state index contributed by atoms with van der Waals surface area (Å²) >= 11 is 2.12. The Hall–Kier alpha value is 0.270. The van der Waals surface area contributed by atoms with E-state index in [4.69, 9.17) is 0 Å². The molecule has 0 amide bonds. The second-order valence-electron chi connectivity index (χ2n) is 5.20. The molecule has 2 atom stereocenters. The number of nitrogens with one attached hydrogen (secondary N) is 1. The molecular formula is C13H25NOS. The first kappa shape index (κ1) is 12.7. The van der Waals surface area contributed by atoms with Gasteiger partial charge in [0.2, 0.25) is 0 Å². The molecule has 0 aromatic rings. The topological polar surface area (TPSA) is 32.3 Å². The lowest BCUT2D eigenvalue weighted by atomic mass is 9.92. The average Bonchev–Trinajstić information content (AvgIpc) is 2.70. The minimum absolute atomic E-state index is 0.0255. The van der Waals surface area contributed by atoms with Gasteiger partial charge in [-0.3, -0.25) is 0 Å². The second-order valence-corrected chi connectivity index (χ2v) is 6.72. The van der Waals surface area contributed by atoms with Crippen LogP contribution in [0.15, 0.2) is 0 Å². The first-order valence-corrected chi connectivity index (χ1v) is 7.90. The van der Waals surface area contributed by atoms with Crippen LogP contribution in [0.4, 0.5) is 0 Å². The fraction of sp³-hybridized carbons (Fsp3) is 1.00. The highest BCUT2D eigenvalue weighted by molar-refractivity contribution is 7.99. The lowest BCUT2D eigenvalue weighted by Crippen LogP contribution is -2.43. The lowest BCUT2D eigenvalue weighted by Gasteiger charge is -2.31. The lowest BCUT2D eigenvalue weighted by molar-refractivity contribution is 0.114. The molecule has 0 saturated heterocycles. The standard InChI is InChI=1S/C13H25NOS/c1-2-16-13-5-3-4-12(13)14-10-6-8-11(15)9-7-10/h10-15H,2-9H2,1H3. The van der Waals surface area contributed by atoms with Crippen LogP contribution in [0.25, 0.3) is 0 Å². The smallest absolute Gasteiger partial charge is 0.0541 e. The quantitative estimate of drug-likeness (QED) is 0.796. The Morgan fingerprint density at radius 2 is 1.88 bits per heavy atom. The molecule has 0 bridgehead atoms. The van der Waals surface area contributed by atoms with Crippen LogP contribution in [0.2, 0.25) is 0 Å². The van der Waals surface area contributed by atoms with Crippen LogP contribution in [0.1, 0.15) is 51.9 Å². The van der Waals surface area contributed by atoms with Crippen molar-refractivity contribution in [1.82, 2.24) is 5.32 Å². The van der Waals surface area contributed by atoms with Gasteiger partial charge in [-0.25, -0.2) is 0 Å². The Morgan fingerprint density at radius 3 is 2.56 bits per heavy atom. The molecule has 2 unspecified atom stereocenters. The maximum absolute atomic E-state index is 9.49. The predicted molar refractivity (Wildman–Crippen MR) is 71.0 cm³/mol. The molecule has 0 aromatic heterocycles. The zero-order valence-electron chi connectivity index (χ0n) is 10.3. The summed E-state index contributed by atoms with van der Waals surface area (Å²) in [6.45, 7) is 2.26. The van der Waals surface area contributed by atoms with Crippen molar-refractivity contribution < 1.29 is 5.11 Å². The van der Waals surface area contributed by atoms with Crippen molar-refractivity contribution in [2.45, 2.75) is 75.3 Å². The molecule has 2 aliphatic rings. The predicted octanol–water partition coefficient (Wildman–Crippen LogP) is 2.55. The van der Waals surface area contributed by atoms with Crippen LogP contribution in [-0.4, -0.2) is 34.3 Å². The van der Waals surface area contributed by atoms with E-state index in [2.05, 4.69) is 24.0 Å². The molecule has 16 heavy (non-hydrogen) atoms. The van der Waals surface area contributed by atoms with Crippen LogP contribution in [0, 0.1) is 0 Å². The van der Waals surface area contributed by atoms with Crippen molar-refractivity contribution in [3.8, 4) is 0 Å². The van der Waals surface area contributed by atoms with Gasteiger partial charge in [0.1, 0.15) is 0 Å². The van der Waals surface area contributed by atoms with Gasteiger partial charge >= 0.3 is 0 Å². The molecule has 2 aliphatic carbocycles. The third-order valence-corrected chi connectivity index (χ3v) is 5.31. The van der Waals surface area contributed by atoms with Gasteiger partial charge in [0.25, 0.3) is 0 Å². The highest BCUT2D eigenvalue weighted by Gasteiger charge is 2.30. The molecule has 94 valence electrons. The van der Waals surface area contributed by atoms with Crippen LogP contribution in [0.5, 0.6) is 0 Å². The number of hydrogen-bond donors (Lipinski definition) is 2. The zero-order chi connectivity index (χ0) is 11.4. The molecule has 0 heterocycles. The maximum atomic E-state index is 9.49. The van der Waals surface area contributed by atoms with E-state index in [1.165, 1.54) is 37.9 Å². The number of hydrogen-bond acceptors (Lipinski definition) is 3. The van der Waals surface area contributed by atoms with Crippen molar-refractivity contribution in [3.05, 3.63) is 0 Å². The molecule has 2 rings (SSSR count). The van der Waals surface area contributed by atoms with Crippen molar-refractivity contribution >= 4 is 11.8 Å². The Morgan fingerprint density at radius 1 is 1.12 bits per heavy atom. The summed E-state index contributed by atoms with van der Waals surface area (Å²) < 4.78 is 0. The number of aliphatic hydroxyl groups is 1. The highest BCUT2D eigenvalue weighted by Crippen LogP contribution is 2.31. The van der Waals surface area contributed by atoms with Crippen LogP contribution in [0.3, 0.4) is 0 Å². The van der Waals surface area contributed by atoms with E-state index in [1.807, 2.05) is 0 Å². The minimum Gasteiger partial charge on any atom is -0.393 e. The van der Waals surface area contributed by atoms with Gasteiger partial charge in [-0.1, -0.05) is 13.3 Å². The van der Waals surface area contributed by atoms with Gasteiger partial charge in [0.05, 0.1) is 6.10 Å². The highest BCUT2D eigenvalue weighted by atomic mass is 32.2. The van der Waals surface area contributed by atoms with Gasteiger partial charge in [-0.15, -0.1) is 0 Å². The van der Waals surface area contributed by atoms with Crippen molar-refractivity contribution in [1.29, 1.82) is 0 Å². The largest absolute Gasteiger partial charge is 0.393 e. The molecule has 2 nitrogen and oxygen atoms in total. The third-order valence-electron chi connectivity index (χ3n) is 3.98. The normalized spacial score (nSPS) is 40.1. The summed E-state index contributed by atoms with van der Waals surface area (Å²) in [5.41, 5.74) is 0. The first-order valence-electron chi connectivity index (χ1n) is 6.85. The molecule has 2 saturated carbocycles. The summed E-state index contributed by atoms with van der Waals surface area (Å²) in [6.07, 6.45) is 8.45. The van der Waals surface area contributed by atoms with Crippen LogP contribution in [-0.2, 0) is 0 Å². The van der Waals surface area contributed by atoms with Gasteiger partial charge in [0.15, 0.2) is 0 Å². The number of rotatable bonds is 4. The Balaban J connectivity index is 1.75. The summed E-state index contributed by atoms with van der Waals surface area (Å²) in [7, 11) is 0. The van der Waals surface area contributed by atoms with E-state index in [-0.39, 0.29) is 6.10 Å². The van der Waals surface area contributed by atoms with E-state index in [1.54, 1.807) is 0 Å². The second kappa shape index (κ2) is 6.27. The monoisotopic (exact) mass is 243 g/mol. The van der Waals surface area contributed by atoms with Crippen LogP contribution < -0.4 is 5.32 Å². The molecule has 2 fully saturated rings. The van der Waals surface area contributed by atoms with Crippen LogP contribution >= 0.6 is 11.8 Å². The summed E-state index contributed by atoms with van der Waals surface area (Å²) in [5.74, 6) is 1.24. The zero-order valence-corrected chi connectivity index (χ0v) is 11.1. The van der Waals surface area contributed by atoms with Crippen molar-refractivity contribution in [3.63, 3.8) is 0 Å². The molecular weight excluding hydrogens is 218 g/mol. The molecule has 3 heteroatoms. The molecule has 2 N–H and O–H groups in total. The molecule has 0 spiro atoms. The number of aliphatic hydroxyl groups excluding tert-OH is 1.